The van der Waals surface area contributed by atoms with Crippen LogP contribution in [0, 0.1) is 46.3 Å². The third-order valence-electron chi connectivity index (χ3n) is 10.8. The molecule has 0 amide bonds. The van der Waals surface area contributed by atoms with Crippen LogP contribution in [0.4, 0.5) is 0 Å². The Balaban J connectivity index is 1.50. The van der Waals surface area contributed by atoms with Crippen LogP contribution in [-0.2, 0) is 0 Å². The van der Waals surface area contributed by atoms with Crippen molar-refractivity contribution in [3.63, 3.8) is 0 Å². The van der Waals surface area contributed by atoms with E-state index in [1.807, 2.05) is 5.57 Å². The van der Waals surface area contributed by atoms with E-state index < -0.39 is 0 Å². The summed E-state index contributed by atoms with van der Waals surface area (Å²) in [4.78, 5) is 0. The number of aliphatic hydroxyl groups excluding tert-OH is 1. The number of rotatable bonds is 5. The monoisotopic (exact) mass is 412 g/mol. The fourth-order valence-corrected chi connectivity index (χ4v) is 8.83. The summed E-state index contributed by atoms with van der Waals surface area (Å²) in [5.74, 6) is 4.77. The fourth-order valence-electron chi connectivity index (χ4n) is 8.83. The third kappa shape index (κ3) is 3.66. The van der Waals surface area contributed by atoms with E-state index in [0.717, 1.165) is 36.5 Å². The first-order chi connectivity index (χ1) is 14.2. The molecule has 0 radical (unpaired) electrons. The number of fused-ring (bicyclic) bond motifs is 5. The first-order valence-electron chi connectivity index (χ1n) is 13.2. The van der Waals surface area contributed by atoms with Crippen molar-refractivity contribution < 1.29 is 5.11 Å². The summed E-state index contributed by atoms with van der Waals surface area (Å²) >= 11 is 0. The van der Waals surface area contributed by atoms with Gasteiger partial charge >= 0.3 is 0 Å². The molecule has 4 aliphatic carbocycles. The molecule has 0 aliphatic heterocycles. The molecule has 8 atom stereocenters. The van der Waals surface area contributed by atoms with Gasteiger partial charge in [-0.1, -0.05) is 57.9 Å². The average molecular weight is 413 g/mol. The highest BCUT2D eigenvalue weighted by Gasteiger charge is 2.58. The van der Waals surface area contributed by atoms with Crippen molar-refractivity contribution in [3.8, 4) is 0 Å². The van der Waals surface area contributed by atoms with E-state index >= 15 is 0 Å². The third-order valence-corrected chi connectivity index (χ3v) is 10.8. The maximum absolute atomic E-state index is 10.3. The number of aliphatic hydroxyl groups is 1. The largest absolute Gasteiger partial charge is 0.393 e. The van der Waals surface area contributed by atoms with Gasteiger partial charge in [0, 0.05) is 0 Å². The first-order valence-corrected chi connectivity index (χ1v) is 13.2. The summed E-state index contributed by atoms with van der Waals surface area (Å²) in [6.07, 6.45) is 17.9. The number of hydrogen-bond acceptors (Lipinski definition) is 1. The van der Waals surface area contributed by atoms with Gasteiger partial charge in [0.1, 0.15) is 0 Å². The molecule has 0 aromatic carbocycles. The Kier molecular flexibility index (Phi) is 6.35. The van der Waals surface area contributed by atoms with Gasteiger partial charge in [0.15, 0.2) is 0 Å². The Morgan fingerprint density at radius 3 is 2.47 bits per heavy atom. The van der Waals surface area contributed by atoms with Crippen LogP contribution in [0.5, 0.6) is 0 Å². The van der Waals surface area contributed by atoms with Crippen molar-refractivity contribution in [3.05, 3.63) is 23.3 Å². The van der Waals surface area contributed by atoms with E-state index in [9.17, 15) is 5.11 Å². The molecule has 0 heterocycles. The number of hydrogen-bond donors (Lipinski definition) is 1. The molecule has 4 rings (SSSR count). The molecule has 1 unspecified atom stereocenters. The van der Waals surface area contributed by atoms with Crippen LogP contribution in [0.1, 0.15) is 106 Å². The lowest BCUT2D eigenvalue weighted by Gasteiger charge is -2.57. The van der Waals surface area contributed by atoms with Crippen LogP contribution < -0.4 is 0 Å². The second-order valence-corrected chi connectivity index (χ2v) is 12.4. The van der Waals surface area contributed by atoms with Gasteiger partial charge in [-0.05, 0) is 117 Å². The molecule has 3 fully saturated rings. The van der Waals surface area contributed by atoms with Gasteiger partial charge in [-0.15, -0.1) is 0 Å². The Morgan fingerprint density at radius 1 is 1.07 bits per heavy atom. The zero-order chi connectivity index (χ0) is 21.7. The van der Waals surface area contributed by atoms with Gasteiger partial charge in [-0.25, -0.2) is 0 Å². The van der Waals surface area contributed by atoms with Crippen LogP contribution in [0.2, 0.25) is 0 Å². The predicted octanol–water partition coefficient (Wildman–Crippen LogP) is 7.94. The van der Waals surface area contributed by atoms with Gasteiger partial charge in [-0.3, -0.25) is 0 Å². The van der Waals surface area contributed by atoms with Crippen LogP contribution in [0.25, 0.3) is 0 Å². The lowest BCUT2D eigenvalue weighted by molar-refractivity contribution is -0.0427. The maximum atomic E-state index is 10.3. The van der Waals surface area contributed by atoms with Crippen molar-refractivity contribution in [1.29, 1.82) is 0 Å². The quantitative estimate of drug-likeness (QED) is 0.454. The van der Waals surface area contributed by atoms with Crippen LogP contribution in [0.3, 0.4) is 0 Å². The summed E-state index contributed by atoms with van der Waals surface area (Å²) in [6, 6.07) is 0. The molecule has 1 nitrogen and oxygen atoms in total. The van der Waals surface area contributed by atoms with Crippen LogP contribution in [0.15, 0.2) is 23.3 Å². The van der Waals surface area contributed by atoms with Crippen LogP contribution >= 0.6 is 0 Å². The van der Waals surface area contributed by atoms with Gasteiger partial charge in [0.05, 0.1) is 6.10 Å². The number of allylic oxidation sites excluding steroid dienone is 4. The van der Waals surface area contributed by atoms with Gasteiger partial charge in [0.25, 0.3) is 0 Å². The minimum Gasteiger partial charge on any atom is -0.393 e. The summed E-state index contributed by atoms with van der Waals surface area (Å²) in [6.45, 7) is 14.7. The van der Waals surface area contributed by atoms with E-state index in [1.165, 1.54) is 51.4 Å². The normalized spacial score (nSPS) is 44.9. The van der Waals surface area contributed by atoms with E-state index in [4.69, 9.17) is 0 Å². The molecule has 1 heteroatoms. The Bertz CT molecular complexity index is 686. The molecule has 0 bridgehead atoms. The molecular formula is C29H48O. The maximum Gasteiger partial charge on any atom is 0.0543 e. The summed E-state index contributed by atoms with van der Waals surface area (Å²) in [5.41, 5.74) is 4.49. The molecule has 0 spiro atoms. The minimum absolute atomic E-state index is 0.0449. The second kappa shape index (κ2) is 8.42. The standard InChI is InChI=1S/C29H48O/c1-7-21(19(2)3)9-8-20(4)25-12-13-26-24-11-10-22-18-23(30)14-16-28(22,5)27(24)15-17-29(25,26)6/h7,11,19-20,22-23,25-27,30H,8-10,12-18H2,1-6H3/b21-7+/t20-,22?,23+,25-,26+,27+,28+,29-/m1/s1. The summed E-state index contributed by atoms with van der Waals surface area (Å²) in [5, 5.41) is 10.3. The van der Waals surface area contributed by atoms with E-state index in [-0.39, 0.29) is 6.10 Å². The lowest BCUT2D eigenvalue weighted by atomic mass is 9.47. The van der Waals surface area contributed by atoms with Gasteiger partial charge < -0.3 is 5.11 Å². The Morgan fingerprint density at radius 2 is 1.77 bits per heavy atom. The van der Waals surface area contributed by atoms with E-state index in [1.54, 1.807) is 5.57 Å². The van der Waals surface area contributed by atoms with E-state index in [0.29, 0.717) is 22.7 Å². The molecule has 3 saturated carbocycles. The highest BCUT2D eigenvalue weighted by atomic mass is 16.3. The molecule has 170 valence electrons. The molecule has 0 aromatic rings. The second-order valence-electron chi connectivity index (χ2n) is 12.4. The van der Waals surface area contributed by atoms with Crippen molar-refractivity contribution in [2.75, 3.05) is 0 Å². The summed E-state index contributed by atoms with van der Waals surface area (Å²) in [7, 11) is 0. The van der Waals surface area contributed by atoms with Crippen molar-refractivity contribution in [2.45, 2.75) is 112 Å². The minimum atomic E-state index is -0.0449. The predicted molar refractivity (Wildman–Crippen MR) is 128 cm³/mol. The molecule has 0 saturated heterocycles. The smallest absolute Gasteiger partial charge is 0.0543 e. The fraction of sp³-hybridized carbons (Fsp3) is 0.862. The molecule has 1 N–H and O–H groups in total. The zero-order valence-electron chi connectivity index (χ0n) is 20.7. The average Bonchev–Trinajstić information content (AvgIpc) is 3.06. The van der Waals surface area contributed by atoms with Crippen molar-refractivity contribution >= 4 is 0 Å². The Hall–Kier alpha value is -0.560. The van der Waals surface area contributed by atoms with Crippen molar-refractivity contribution in [2.24, 2.45) is 46.3 Å². The first kappa shape index (κ1) is 22.6. The molecule has 30 heavy (non-hydrogen) atoms. The SMILES string of the molecule is C/C=C(\CC[C@@H](C)[C@H]1CC[C@H]2C3=CCC4C[C@@H](O)CC[C@]4(C)[C@H]3CC[C@]12C)C(C)C. The van der Waals surface area contributed by atoms with Crippen molar-refractivity contribution in [1.82, 2.24) is 0 Å². The molecular weight excluding hydrogens is 364 g/mol. The van der Waals surface area contributed by atoms with Gasteiger partial charge in [0.2, 0.25) is 0 Å². The molecule has 4 aliphatic rings. The Labute approximate surface area is 186 Å². The summed E-state index contributed by atoms with van der Waals surface area (Å²) < 4.78 is 0. The topological polar surface area (TPSA) is 20.2 Å². The molecule has 0 aromatic heterocycles. The lowest BCUT2D eigenvalue weighted by Crippen LogP contribution is -2.49. The van der Waals surface area contributed by atoms with E-state index in [2.05, 4.69) is 53.7 Å². The highest BCUT2D eigenvalue weighted by molar-refractivity contribution is 5.27. The zero-order valence-corrected chi connectivity index (χ0v) is 20.7. The van der Waals surface area contributed by atoms with Gasteiger partial charge in [-0.2, -0.15) is 0 Å². The highest BCUT2D eigenvalue weighted by Crippen LogP contribution is 2.67. The van der Waals surface area contributed by atoms with Crippen LogP contribution in [-0.4, -0.2) is 11.2 Å².